The number of hydrogen-bond acceptors (Lipinski definition) is 2. The Balaban J connectivity index is 2.42. The predicted octanol–water partition coefficient (Wildman–Crippen LogP) is 3.78. The van der Waals surface area contributed by atoms with Gasteiger partial charge in [-0.15, -0.1) is 0 Å². The zero-order valence-electron chi connectivity index (χ0n) is 11.7. The van der Waals surface area contributed by atoms with Gasteiger partial charge >= 0.3 is 0 Å². The summed E-state index contributed by atoms with van der Waals surface area (Å²) >= 11 is 0. The molecule has 1 unspecified atom stereocenters. The maximum atomic E-state index is 9.62. The summed E-state index contributed by atoms with van der Waals surface area (Å²) in [5, 5.41) is 9.62. The molecule has 0 aliphatic carbocycles. The molecule has 0 spiro atoms. The van der Waals surface area contributed by atoms with Crippen LogP contribution in [0, 0.1) is 5.41 Å². The molecular weight excluding hydrogens is 224 g/mol. The van der Waals surface area contributed by atoms with Crippen molar-refractivity contribution >= 4 is 0 Å². The molecule has 2 nitrogen and oxygen atoms in total. The van der Waals surface area contributed by atoms with E-state index in [1.165, 1.54) is 12.0 Å². The van der Waals surface area contributed by atoms with E-state index in [1.54, 1.807) is 0 Å². The van der Waals surface area contributed by atoms with Gasteiger partial charge in [-0.2, -0.15) is 0 Å². The normalized spacial score (nSPS) is 14.4. The summed E-state index contributed by atoms with van der Waals surface area (Å²) in [7, 11) is 0. The van der Waals surface area contributed by atoms with E-state index in [2.05, 4.69) is 26.0 Å². The fourth-order valence-electron chi connectivity index (χ4n) is 2.10. The van der Waals surface area contributed by atoms with Crippen LogP contribution in [-0.2, 0) is 11.3 Å². The molecule has 1 rings (SSSR count). The monoisotopic (exact) mass is 250 g/mol. The van der Waals surface area contributed by atoms with Gasteiger partial charge in [0.2, 0.25) is 0 Å². The van der Waals surface area contributed by atoms with Gasteiger partial charge in [0.15, 0.2) is 0 Å². The Kier molecular flexibility index (Phi) is 6.99. The van der Waals surface area contributed by atoms with Gasteiger partial charge in [0.05, 0.1) is 19.8 Å². The molecule has 102 valence electrons. The number of aliphatic hydroxyl groups is 1. The molecule has 0 aromatic heterocycles. The van der Waals surface area contributed by atoms with Gasteiger partial charge < -0.3 is 9.84 Å². The van der Waals surface area contributed by atoms with E-state index in [4.69, 9.17) is 4.74 Å². The largest absolute Gasteiger partial charge is 0.396 e. The van der Waals surface area contributed by atoms with Crippen LogP contribution < -0.4 is 0 Å². The average molecular weight is 250 g/mol. The minimum absolute atomic E-state index is 0.0508. The number of aliphatic hydroxyl groups excluding tert-OH is 1. The van der Waals surface area contributed by atoms with Gasteiger partial charge in [0.1, 0.15) is 0 Å². The lowest BCUT2D eigenvalue weighted by atomic mass is 9.82. The van der Waals surface area contributed by atoms with E-state index < -0.39 is 0 Å². The SMILES string of the molecule is CCCCC(CC)(CO)COCc1ccccc1. The first kappa shape index (κ1) is 15.2. The molecule has 1 atom stereocenters. The van der Waals surface area contributed by atoms with Gasteiger partial charge in [0, 0.05) is 5.41 Å². The maximum absolute atomic E-state index is 9.62. The van der Waals surface area contributed by atoms with Gasteiger partial charge in [-0.25, -0.2) is 0 Å². The first-order valence-electron chi connectivity index (χ1n) is 6.99. The van der Waals surface area contributed by atoms with Crippen LogP contribution in [0.5, 0.6) is 0 Å². The fourth-order valence-corrected chi connectivity index (χ4v) is 2.10. The van der Waals surface area contributed by atoms with Crippen LogP contribution in [0.3, 0.4) is 0 Å². The van der Waals surface area contributed by atoms with Crippen molar-refractivity contribution < 1.29 is 9.84 Å². The maximum Gasteiger partial charge on any atom is 0.0717 e. The lowest BCUT2D eigenvalue weighted by Crippen LogP contribution is -2.30. The van der Waals surface area contributed by atoms with Crippen molar-refractivity contribution in [1.29, 1.82) is 0 Å². The zero-order chi connectivity index (χ0) is 13.3. The third kappa shape index (κ3) is 4.79. The zero-order valence-corrected chi connectivity index (χ0v) is 11.7. The van der Waals surface area contributed by atoms with Crippen LogP contribution in [0.1, 0.15) is 45.1 Å². The summed E-state index contributed by atoms with van der Waals surface area (Å²) in [6.07, 6.45) is 4.34. The van der Waals surface area contributed by atoms with Crippen molar-refractivity contribution in [3.63, 3.8) is 0 Å². The predicted molar refractivity (Wildman–Crippen MR) is 75.4 cm³/mol. The first-order valence-corrected chi connectivity index (χ1v) is 6.99. The highest BCUT2D eigenvalue weighted by Crippen LogP contribution is 2.29. The second-order valence-corrected chi connectivity index (χ2v) is 5.09. The van der Waals surface area contributed by atoms with Crippen molar-refractivity contribution in [3.05, 3.63) is 35.9 Å². The lowest BCUT2D eigenvalue weighted by Gasteiger charge is -2.30. The van der Waals surface area contributed by atoms with E-state index >= 15 is 0 Å². The summed E-state index contributed by atoms with van der Waals surface area (Å²) in [6.45, 7) is 5.82. The van der Waals surface area contributed by atoms with E-state index in [0.29, 0.717) is 13.2 Å². The quantitative estimate of drug-likeness (QED) is 0.722. The Morgan fingerprint density at radius 3 is 2.44 bits per heavy atom. The topological polar surface area (TPSA) is 29.5 Å². The molecule has 0 fully saturated rings. The molecule has 0 amide bonds. The third-order valence-electron chi connectivity index (χ3n) is 3.67. The number of rotatable bonds is 9. The third-order valence-corrected chi connectivity index (χ3v) is 3.67. The number of benzene rings is 1. The molecular formula is C16H26O2. The van der Waals surface area contributed by atoms with Crippen molar-refractivity contribution in [1.82, 2.24) is 0 Å². The molecule has 1 N–H and O–H groups in total. The van der Waals surface area contributed by atoms with Crippen LogP contribution in [0.4, 0.5) is 0 Å². The van der Waals surface area contributed by atoms with Crippen LogP contribution in [0.15, 0.2) is 30.3 Å². The number of hydrogen-bond donors (Lipinski definition) is 1. The van der Waals surface area contributed by atoms with Gasteiger partial charge in [0.25, 0.3) is 0 Å². The van der Waals surface area contributed by atoms with E-state index in [1.807, 2.05) is 18.2 Å². The molecule has 1 aromatic rings. The van der Waals surface area contributed by atoms with Crippen molar-refractivity contribution in [2.24, 2.45) is 5.41 Å². The molecule has 0 aliphatic heterocycles. The number of unbranched alkanes of at least 4 members (excludes halogenated alkanes) is 1. The van der Waals surface area contributed by atoms with Crippen LogP contribution >= 0.6 is 0 Å². The Bertz CT molecular complexity index is 304. The fraction of sp³-hybridized carbons (Fsp3) is 0.625. The summed E-state index contributed by atoms with van der Waals surface area (Å²) in [5.74, 6) is 0. The van der Waals surface area contributed by atoms with Crippen molar-refractivity contribution in [2.75, 3.05) is 13.2 Å². The molecule has 0 saturated carbocycles. The van der Waals surface area contributed by atoms with E-state index in [9.17, 15) is 5.11 Å². The van der Waals surface area contributed by atoms with E-state index in [-0.39, 0.29) is 12.0 Å². The van der Waals surface area contributed by atoms with Crippen LogP contribution in [-0.4, -0.2) is 18.3 Å². The molecule has 18 heavy (non-hydrogen) atoms. The van der Waals surface area contributed by atoms with Gasteiger partial charge in [-0.3, -0.25) is 0 Å². The second kappa shape index (κ2) is 8.28. The number of ether oxygens (including phenoxy) is 1. The minimum atomic E-state index is -0.0508. The Morgan fingerprint density at radius 1 is 1.17 bits per heavy atom. The standard InChI is InChI=1S/C16H26O2/c1-3-5-11-16(4-2,13-17)14-18-12-15-9-7-6-8-10-15/h6-10,17H,3-5,11-14H2,1-2H3. The highest BCUT2D eigenvalue weighted by atomic mass is 16.5. The lowest BCUT2D eigenvalue weighted by molar-refractivity contribution is -0.00994. The van der Waals surface area contributed by atoms with Gasteiger partial charge in [-0.05, 0) is 18.4 Å². The van der Waals surface area contributed by atoms with Crippen molar-refractivity contribution in [2.45, 2.75) is 46.1 Å². The molecule has 1 aromatic carbocycles. The molecule has 0 radical (unpaired) electrons. The summed E-state index contributed by atoms with van der Waals surface area (Å²) in [4.78, 5) is 0. The summed E-state index contributed by atoms with van der Waals surface area (Å²) in [6, 6.07) is 10.2. The van der Waals surface area contributed by atoms with Crippen LogP contribution in [0.25, 0.3) is 0 Å². The Labute approximate surface area is 111 Å². The highest BCUT2D eigenvalue weighted by molar-refractivity contribution is 5.13. The summed E-state index contributed by atoms with van der Waals surface area (Å²) in [5.41, 5.74) is 1.14. The average Bonchev–Trinajstić information content (AvgIpc) is 2.44. The Hall–Kier alpha value is -0.860. The van der Waals surface area contributed by atoms with Crippen molar-refractivity contribution in [3.8, 4) is 0 Å². The second-order valence-electron chi connectivity index (χ2n) is 5.09. The molecule has 0 bridgehead atoms. The minimum Gasteiger partial charge on any atom is -0.396 e. The van der Waals surface area contributed by atoms with E-state index in [0.717, 1.165) is 19.3 Å². The highest BCUT2D eigenvalue weighted by Gasteiger charge is 2.26. The smallest absolute Gasteiger partial charge is 0.0717 e. The summed E-state index contributed by atoms with van der Waals surface area (Å²) < 4.78 is 5.80. The molecule has 0 aliphatic rings. The Morgan fingerprint density at radius 2 is 1.89 bits per heavy atom. The van der Waals surface area contributed by atoms with Gasteiger partial charge in [-0.1, -0.05) is 57.0 Å². The molecule has 0 heterocycles. The molecule has 2 heteroatoms. The molecule has 0 saturated heterocycles. The first-order chi connectivity index (χ1) is 8.76. The van der Waals surface area contributed by atoms with Crippen LogP contribution in [0.2, 0.25) is 0 Å².